The minimum Gasteiger partial charge on any atom is -0.149 e. The van der Waals surface area contributed by atoms with Gasteiger partial charge in [-0.15, -0.1) is 22.7 Å². The second-order valence-electron chi connectivity index (χ2n) is 3.20. The molecular formula is C12H12S2. The van der Waals surface area contributed by atoms with Crippen LogP contribution in [0.4, 0.5) is 0 Å². The van der Waals surface area contributed by atoms with E-state index in [0.717, 1.165) is 0 Å². The summed E-state index contributed by atoms with van der Waals surface area (Å²) in [5.41, 5.74) is 2.67. The Kier molecular flexibility index (Phi) is 2.85. The molecule has 2 heterocycles. The van der Waals surface area contributed by atoms with Gasteiger partial charge in [-0.3, -0.25) is 0 Å². The summed E-state index contributed by atoms with van der Waals surface area (Å²) in [7, 11) is 0. The molecule has 2 aromatic rings. The average Bonchev–Trinajstić information content (AvgIpc) is 2.72. The zero-order chi connectivity index (χ0) is 9.97. The van der Waals surface area contributed by atoms with E-state index in [2.05, 4.69) is 48.9 Å². The van der Waals surface area contributed by atoms with Crippen LogP contribution in [0.1, 0.15) is 20.9 Å². The van der Waals surface area contributed by atoms with Crippen molar-refractivity contribution in [3.63, 3.8) is 0 Å². The van der Waals surface area contributed by atoms with E-state index in [9.17, 15) is 0 Å². The Morgan fingerprint density at radius 3 is 1.57 bits per heavy atom. The van der Waals surface area contributed by atoms with Crippen LogP contribution in [0.3, 0.4) is 0 Å². The molecule has 0 N–H and O–H groups in total. The van der Waals surface area contributed by atoms with E-state index in [1.54, 1.807) is 22.7 Å². The first-order valence-electron chi connectivity index (χ1n) is 4.53. The maximum atomic E-state index is 2.20. The van der Waals surface area contributed by atoms with Gasteiger partial charge in [-0.1, -0.05) is 12.2 Å². The Balaban J connectivity index is 2.23. The minimum absolute atomic E-state index is 1.33. The summed E-state index contributed by atoms with van der Waals surface area (Å²) in [6.07, 6.45) is 4.39. The molecule has 0 unspecified atom stereocenters. The van der Waals surface area contributed by atoms with E-state index < -0.39 is 0 Å². The molecule has 72 valence electrons. The number of hydrogen-bond acceptors (Lipinski definition) is 2. The third-order valence-electron chi connectivity index (χ3n) is 2.24. The summed E-state index contributed by atoms with van der Waals surface area (Å²) in [6, 6.07) is 4.33. The van der Waals surface area contributed by atoms with E-state index in [1.807, 2.05) is 0 Å². The SMILES string of the molecule is Cc1sccc1/C=C/c1ccsc1C. The molecule has 2 rings (SSSR count). The fourth-order valence-corrected chi connectivity index (χ4v) is 2.70. The maximum absolute atomic E-state index is 2.20. The highest BCUT2D eigenvalue weighted by molar-refractivity contribution is 7.10. The summed E-state index contributed by atoms with van der Waals surface area (Å²) in [5.74, 6) is 0. The summed E-state index contributed by atoms with van der Waals surface area (Å²) < 4.78 is 0. The highest BCUT2D eigenvalue weighted by Crippen LogP contribution is 2.21. The molecule has 2 aromatic heterocycles. The van der Waals surface area contributed by atoms with Gasteiger partial charge in [0.05, 0.1) is 0 Å². The predicted octanol–water partition coefficient (Wildman–Crippen LogP) is 4.60. The maximum Gasteiger partial charge on any atom is 0.00865 e. The summed E-state index contributed by atoms with van der Waals surface area (Å²) in [4.78, 5) is 2.77. The summed E-state index contributed by atoms with van der Waals surface area (Å²) >= 11 is 3.59. The van der Waals surface area contributed by atoms with Crippen molar-refractivity contribution in [1.29, 1.82) is 0 Å². The first-order valence-corrected chi connectivity index (χ1v) is 6.29. The quantitative estimate of drug-likeness (QED) is 0.694. The monoisotopic (exact) mass is 220 g/mol. The summed E-state index contributed by atoms with van der Waals surface area (Å²) in [5, 5.41) is 4.27. The van der Waals surface area contributed by atoms with Gasteiger partial charge in [-0.2, -0.15) is 0 Å². The van der Waals surface area contributed by atoms with Crippen LogP contribution in [0.5, 0.6) is 0 Å². The van der Waals surface area contributed by atoms with Gasteiger partial charge < -0.3 is 0 Å². The number of rotatable bonds is 2. The smallest absolute Gasteiger partial charge is 0.00865 e. The van der Waals surface area contributed by atoms with Crippen LogP contribution in [0.15, 0.2) is 22.9 Å². The highest BCUT2D eigenvalue weighted by atomic mass is 32.1. The van der Waals surface area contributed by atoms with Crippen LogP contribution in [-0.4, -0.2) is 0 Å². The zero-order valence-corrected chi connectivity index (χ0v) is 9.91. The van der Waals surface area contributed by atoms with Crippen molar-refractivity contribution in [3.05, 3.63) is 43.8 Å². The Morgan fingerprint density at radius 1 is 0.857 bits per heavy atom. The van der Waals surface area contributed by atoms with Crippen LogP contribution in [0.25, 0.3) is 12.2 Å². The lowest BCUT2D eigenvalue weighted by Crippen LogP contribution is -1.70. The number of hydrogen-bond donors (Lipinski definition) is 0. The van der Waals surface area contributed by atoms with E-state index in [0.29, 0.717) is 0 Å². The van der Waals surface area contributed by atoms with Crippen LogP contribution >= 0.6 is 22.7 Å². The largest absolute Gasteiger partial charge is 0.149 e. The van der Waals surface area contributed by atoms with E-state index in [4.69, 9.17) is 0 Å². The number of aryl methyl sites for hydroxylation is 2. The molecule has 14 heavy (non-hydrogen) atoms. The first kappa shape index (κ1) is 9.69. The van der Waals surface area contributed by atoms with Crippen molar-refractivity contribution in [2.45, 2.75) is 13.8 Å². The Morgan fingerprint density at radius 2 is 1.29 bits per heavy atom. The first-order chi connectivity index (χ1) is 6.77. The van der Waals surface area contributed by atoms with Crippen molar-refractivity contribution < 1.29 is 0 Å². The summed E-state index contributed by atoms with van der Waals surface area (Å²) in [6.45, 7) is 4.32. The minimum atomic E-state index is 1.33. The Bertz CT molecular complexity index is 404. The van der Waals surface area contributed by atoms with E-state index >= 15 is 0 Å². The van der Waals surface area contributed by atoms with Crippen molar-refractivity contribution >= 4 is 34.8 Å². The lowest BCUT2D eigenvalue weighted by Gasteiger charge is -1.91. The van der Waals surface area contributed by atoms with Crippen LogP contribution in [0.2, 0.25) is 0 Å². The van der Waals surface area contributed by atoms with Gasteiger partial charge in [0.25, 0.3) is 0 Å². The van der Waals surface area contributed by atoms with Crippen molar-refractivity contribution in [2.75, 3.05) is 0 Å². The molecule has 0 saturated heterocycles. The fourth-order valence-electron chi connectivity index (χ4n) is 1.31. The van der Waals surface area contributed by atoms with Gasteiger partial charge in [0.1, 0.15) is 0 Å². The zero-order valence-electron chi connectivity index (χ0n) is 8.28. The molecular weight excluding hydrogens is 208 g/mol. The molecule has 0 fully saturated rings. The fraction of sp³-hybridized carbons (Fsp3) is 0.167. The van der Waals surface area contributed by atoms with Crippen LogP contribution in [-0.2, 0) is 0 Å². The van der Waals surface area contributed by atoms with Gasteiger partial charge >= 0.3 is 0 Å². The standard InChI is InChI=1S/C12H12S2/c1-9-11(5-7-13-9)3-4-12-6-8-14-10(12)2/h3-8H,1-2H3/b4-3+. The second-order valence-corrected chi connectivity index (χ2v) is 5.44. The van der Waals surface area contributed by atoms with E-state index in [1.165, 1.54) is 20.9 Å². The lowest BCUT2D eigenvalue weighted by molar-refractivity contribution is 1.58. The molecule has 0 bridgehead atoms. The molecule has 0 amide bonds. The molecule has 0 aliphatic carbocycles. The van der Waals surface area contributed by atoms with Gasteiger partial charge in [0, 0.05) is 9.75 Å². The van der Waals surface area contributed by atoms with E-state index in [-0.39, 0.29) is 0 Å². The van der Waals surface area contributed by atoms with Crippen molar-refractivity contribution in [2.24, 2.45) is 0 Å². The molecule has 0 saturated carbocycles. The third-order valence-corrected chi connectivity index (χ3v) is 3.96. The molecule has 0 radical (unpaired) electrons. The van der Waals surface area contributed by atoms with Gasteiger partial charge in [0.15, 0.2) is 0 Å². The molecule has 0 aromatic carbocycles. The number of thiophene rings is 2. The normalized spacial score (nSPS) is 11.3. The molecule has 0 aliphatic rings. The molecule has 0 atom stereocenters. The molecule has 0 nitrogen and oxygen atoms in total. The molecule has 0 spiro atoms. The third kappa shape index (κ3) is 1.97. The van der Waals surface area contributed by atoms with Crippen LogP contribution < -0.4 is 0 Å². The predicted molar refractivity (Wildman–Crippen MR) is 67.0 cm³/mol. The highest BCUT2D eigenvalue weighted by Gasteiger charge is 1.96. The van der Waals surface area contributed by atoms with Crippen LogP contribution in [0, 0.1) is 13.8 Å². The Hall–Kier alpha value is -0.860. The van der Waals surface area contributed by atoms with Gasteiger partial charge in [-0.25, -0.2) is 0 Å². The van der Waals surface area contributed by atoms with Crippen molar-refractivity contribution in [3.8, 4) is 0 Å². The van der Waals surface area contributed by atoms with Gasteiger partial charge in [-0.05, 0) is 47.9 Å². The average molecular weight is 220 g/mol. The van der Waals surface area contributed by atoms with Gasteiger partial charge in [0.2, 0.25) is 0 Å². The topological polar surface area (TPSA) is 0 Å². The second kappa shape index (κ2) is 4.11. The lowest BCUT2D eigenvalue weighted by atomic mass is 10.2. The van der Waals surface area contributed by atoms with Crippen molar-refractivity contribution in [1.82, 2.24) is 0 Å². The molecule has 0 aliphatic heterocycles. The molecule has 2 heteroatoms. The Labute approximate surface area is 92.5 Å².